The van der Waals surface area contributed by atoms with Gasteiger partial charge in [-0.2, -0.15) is 0 Å². The Morgan fingerprint density at radius 2 is 2.22 bits per heavy atom. The molecule has 2 unspecified atom stereocenters. The van der Waals surface area contributed by atoms with Crippen LogP contribution in [0.25, 0.3) is 0 Å². The molecule has 4 nitrogen and oxygen atoms in total. The number of aliphatic hydroxyl groups excluding tert-OH is 1. The molecule has 0 aliphatic heterocycles. The van der Waals surface area contributed by atoms with Crippen molar-refractivity contribution in [3.05, 3.63) is 23.8 Å². The van der Waals surface area contributed by atoms with Gasteiger partial charge in [-0.05, 0) is 37.8 Å². The summed E-state index contributed by atoms with van der Waals surface area (Å²) in [5.74, 6) is 0.329. The van der Waals surface area contributed by atoms with Crippen LogP contribution in [-0.2, 0) is 4.79 Å². The quantitative estimate of drug-likeness (QED) is 0.862. The van der Waals surface area contributed by atoms with Gasteiger partial charge in [0.25, 0.3) is 0 Å². The molecule has 1 aliphatic carbocycles. The lowest BCUT2D eigenvalue weighted by atomic mass is 10.0. The molecule has 0 aromatic heterocycles. The van der Waals surface area contributed by atoms with E-state index in [1.807, 2.05) is 19.1 Å². The molecule has 4 heteroatoms. The average molecular weight is 249 g/mol. The number of carbonyl (C=O) groups is 1. The molecule has 18 heavy (non-hydrogen) atoms. The van der Waals surface area contributed by atoms with Gasteiger partial charge in [-0.1, -0.05) is 6.07 Å². The van der Waals surface area contributed by atoms with Gasteiger partial charge in [0.05, 0.1) is 19.1 Å². The lowest BCUT2D eigenvalue weighted by Crippen LogP contribution is -2.28. The average Bonchev–Trinajstić information content (AvgIpc) is 2.78. The Hall–Kier alpha value is -1.55. The number of carbonyl (C=O) groups excluding carboxylic acids is 1. The molecule has 1 aromatic carbocycles. The van der Waals surface area contributed by atoms with E-state index in [-0.39, 0.29) is 11.8 Å². The fourth-order valence-electron chi connectivity index (χ4n) is 2.33. The molecular formula is C14H19NO3. The summed E-state index contributed by atoms with van der Waals surface area (Å²) in [5.41, 5.74) is 1.73. The highest BCUT2D eigenvalue weighted by atomic mass is 16.5. The minimum atomic E-state index is -0.504. The largest absolute Gasteiger partial charge is 0.497 e. The van der Waals surface area contributed by atoms with E-state index in [0.29, 0.717) is 5.75 Å². The monoisotopic (exact) mass is 249 g/mol. The second-order valence-corrected chi connectivity index (χ2v) is 4.77. The second-order valence-electron chi connectivity index (χ2n) is 4.77. The van der Waals surface area contributed by atoms with Crippen LogP contribution >= 0.6 is 0 Å². The van der Waals surface area contributed by atoms with Crippen molar-refractivity contribution < 1.29 is 14.6 Å². The van der Waals surface area contributed by atoms with Crippen LogP contribution in [0.15, 0.2) is 18.2 Å². The van der Waals surface area contributed by atoms with Crippen LogP contribution in [0.1, 0.15) is 24.8 Å². The fourth-order valence-corrected chi connectivity index (χ4v) is 2.33. The summed E-state index contributed by atoms with van der Waals surface area (Å²) < 4.78 is 5.14. The number of aliphatic hydroxyl groups is 1. The second kappa shape index (κ2) is 5.40. The van der Waals surface area contributed by atoms with Crippen molar-refractivity contribution in [1.29, 1.82) is 0 Å². The Labute approximate surface area is 107 Å². The van der Waals surface area contributed by atoms with E-state index in [4.69, 9.17) is 4.74 Å². The molecule has 1 saturated carbocycles. The third-order valence-electron chi connectivity index (χ3n) is 3.52. The van der Waals surface area contributed by atoms with Gasteiger partial charge in [0.1, 0.15) is 5.75 Å². The first-order valence-corrected chi connectivity index (χ1v) is 6.25. The SMILES string of the molecule is COc1ccc(C)c(NC(=O)C2CCCC2O)c1. The predicted octanol–water partition coefficient (Wildman–Crippen LogP) is 2.10. The number of aryl methyl sites for hydroxylation is 1. The number of amides is 1. The molecule has 1 aliphatic rings. The van der Waals surface area contributed by atoms with Gasteiger partial charge < -0.3 is 15.2 Å². The molecule has 0 bridgehead atoms. The molecule has 0 saturated heterocycles. The highest BCUT2D eigenvalue weighted by Gasteiger charge is 2.31. The summed E-state index contributed by atoms with van der Waals surface area (Å²) in [7, 11) is 1.59. The Morgan fingerprint density at radius 3 is 2.83 bits per heavy atom. The number of anilines is 1. The maximum absolute atomic E-state index is 12.1. The minimum absolute atomic E-state index is 0.101. The fraction of sp³-hybridized carbons (Fsp3) is 0.500. The van der Waals surface area contributed by atoms with Crippen LogP contribution in [0.4, 0.5) is 5.69 Å². The van der Waals surface area contributed by atoms with Crippen LogP contribution in [0.2, 0.25) is 0 Å². The van der Waals surface area contributed by atoms with Gasteiger partial charge >= 0.3 is 0 Å². The summed E-state index contributed by atoms with van der Waals surface area (Å²) in [5, 5.41) is 12.6. The zero-order valence-electron chi connectivity index (χ0n) is 10.8. The molecule has 1 amide bonds. The van der Waals surface area contributed by atoms with E-state index in [1.165, 1.54) is 0 Å². The van der Waals surface area contributed by atoms with Gasteiger partial charge in [0, 0.05) is 11.8 Å². The van der Waals surface area contributed by atoms with Gasteiger partial charge in [0.15, 0.2) is 0 Å². The standard InChI is InChI=1S/C14H19NO3/c1-9-6-7-10(18-2)8-12(9)15-14(17)11-4-3-5-13(11)16/h6-8,11,13,16H,3-5H2,1-2H3,(H,15,17). The number of ether oxygens (including phenoxy) is 1. The third kappa shape index (κ3) is 2.64. The third-order valence-corrected chi connectivity index (χ3v) is 3.52. The first kappa shape index (κ1) is 12.9. The summed E-state index contributed by atoms with van der Waals surface area (Å²) >= 11 is 0. The molecular weight excluding hydrogens is 230 g/mol. The molecule has 0 spiro atoms. The molecule has 2 N–H and O–H groups in total. The van der Waals surface area contributed by atoms with Crippen LogP contribution in [-0.4, -0.2) is 24.2 Å². The summed E-state index contributed by atoms with van der Waals surface area (Å²) in [6.07, 6.45) is 1.89. The van der Waals surface area contributed by atoms with E-state index in [0.717, 1.165) is 30.5 Å². The maximum atomic E-state index is 12.1. The Balaban J connectivity index is 2.11. The number of rotatable bonds is 3. The minimum Gasteiger partial charge on any atom is -0.497 e. The Kier molecular flexibility index (Phi) is 3.87. The van der Waals surface area contributed by atoms with Crippen molar-refractivity contribution in [2.75, 3.05) is 12.4 Å². The van der Waals surface area contributed by atoms with Crippen LogP contribution < -0.4 is 10.1 Å². The molecule has 2 atom stereocenters. The topological polar surface area (TPSA) is 58.6 Å². The highest BCUT2D eigenvalue weighted by Crippen LogP contribution is 2.28. The summed E-state index contributed by atoms with van der Waals surface area (Å²) in [6, 6.07) is 5.56. The van der Waals surface area contributed by atoms with Gasteiger partial charge in [-0.25, -0.2) is 0 Å². The van der Waals surface area contributed by atoms with Crippen molar-refractivity contribution in [2.45, 2.75) is 32.3 Å². The number of benzene rings is 1. The van der Waals surface area contributed by atoms with E-state index >= 15 is 0 Å². The normalized spacial score (nSPS) is 22.8. The van der Waals surface area contributed by atoms with E-state index < -0.39 is 6.10 Å². The van der Waals surface area contributed by atoms with E-state index in [9.17, 15) is 9.90 Å². The molecule has 1 aromatic rings. The van der Waals surface area contributed by atoms with E-state index in [2.05, 4.69) is 5.32 Å². The molecule has 2 rings (SSSR count). The maximum Gasteiger partial charge on any atom is 0.230 e. The molecule has 1 fully saturated rings. The van der Waals surface area contributed by atoms with Crippen molar-refractivity contribution in [3.8, 4) is 5.75 Å². The van der Waals surface area contributed by atoms with Gasteiger partial charge in [0.2, 0.25) is 5.91 Å². The Morgan fingerprint density at radius 1 is 1.44 bits per heavy atom. The van der Waals surface area contributed by atoms with Crippen LogP contribution in [0.5, 0.6) is 5.75 Å². The van der Waals surface area contributed by atoms with Crippen molar-refractivity contribution in [1.82, 2.24) is 0 Å². The molecule has 0 radical (unpaired) electrons. The van der Waals surface area contributed by atoms with Gasteiger partial charge in [-0.3, -0.25) is 4.79 Å². The first-order chi connectivity index (χ1) is 8.61. The summed E-state index contributed by atoms with van der Waals surface area (Å²) in [6.45, 7) is 1.93. The number of nitrogens with one attached hydrogen (secondary N) is 1. The number of hydrogen-bond donors (Lipinski definition) is 2. The van der Waals surface area contributed by atoms with Crippen LogP contribution in [0, 0.1) is 12.8 Å². The number of hydrogen-bond acceptors (Lipinski definition) is 3. The van der Waals surface area contributed by atoms with Crippen molar-refractivity contribution >= 4 is 11.6 Å². The lowest BCUT2D eigenvalue weighted by molar-refractivity contribution is -0.122. The van der Waals surface area contributed by atoms with E-state index in [1.54, 1.807) is 13.2 Å². The summed E-state index contributed by atoms with van der Waals surface area (Å²) in [4.78, 5) is 12.1. The van der Waals surface area contributed by atoms with Crippen molar-refractivity contribution in [3.63, 3.8) is 0 Å². The molecule has 0 heterocycles. The zero-order chi connectivity index (χ0) is 13.1. The van der Waals surface area contributed by atoms with Crippen LogP contribution in [0.3, 0.4) is 0 Å². The van der Waals surface area contributed by atoms with Crippen molar-refractivity contribution in [2.24, 2.45) is 5.92 Å². The van der Waals surface area contributed by atoms with Gasteiger partial charge in [-0.15, -0.1) is 0 Å². The lowest BCUT2D eigenvalue weighted by Gasteiger charge is -2.16. The smallest absolute Gasteiger partial charge is 0.230 e. The highest BCUT2D eigenvalue weighted by molar-refractivity contribution is 5.94. The predicted molar refractivity (Wildman–Crippen MR) is 69.7 cm³/mol. The number of methoxy groups -OCH3 is 1. The first-order valence-electron chi connectivity index (χ1n) is 6.25. The molecule has 98 valence electrons. The zero-order valence-corrected chi connectivity index (χ0v) is 10.8. The Bertz CT molecular complexity index is 445.